The van der Waals surface area contributed by atoms with E-state index in [0.717, 1.165) is 28.3 Å². The van der Waals surface area contributed by atoms with Crippen molar-refractivity contribution >= 4 is 34.6 Å². The number of hydrogen-bond acceptors (Lipinski definition) is 10. The fourth-order valence-electron chi connectivity index (χ4n) is 4.35. The van der Waals surface area contributed by atoms with Crippen molar-refractivity contribution in [2.75, 3.05) is 22.6 Å². The molecule has 36 heavy (non-hydrogen) atoms. The van der Waals surface area contributed by atoms with Gasteiger partial charge in [-0.3, -0.25) is 4.79 Å². The molecule has 0 aromatic carbocycles. The molecule has 5 heterocycles. The normalized spacial score (nSPS) is 15.9. The molecule has 0 radical (unpaired) electrons. The van der Waals surface area contributed by atoms with Crippen LogP contribution in [0.15, 0.2) is 30.6 Å². The zero-order valence-electron chi connectivity index (χ0n) is 23.7. The maximum atomic E-state index is 13.1. The number of aryl methyl sites for hydroxylation is 3. The first kappa shape index (κ1) is 19.8. The van der Waals surface area contributed by atoms with Gasteiger partial charge in [0.1, 0.15) is 28.8 Å². The van der Waals surface area contributed by atoms with Crippen LogP contribution in [0.4, 0.5) is 28.8 Å². The van der Waals surface area contributed by atoms with Gasteiger partial charge in [-0.2, -0.15) is 15.0 Å². The first-order valence-corrected chi connectivity index (χ1v) is 11.4. The molecule has 184 valence electrons. The smallest absolute Gasteiger partial charge is 0.166 e. The van der Waals surface area contributed by atoms with Gasteiger partial charge in [0.05, 0.1) is 23.0 Å². The number of carbonyl (C=O) groups is 1. The fraction of sp³-hybridized carbons (Fsp3) is 0.320. The van der Waals surface area contributed by atoms with Crippen molar-refractivity contribution in [3.63, 3.8) is 0 Å². The Morgan fingerprint density at radius 3 is 2.72 bits per heavy atom. The van der Waals surface area contributed by atoms with E-state index >= 15 is 0 Å². The molecule has 4 aromatic heterocycles. The van der Waals surface area contributed by atoms with Crippen molar-refractivity contribution in [1.29, 1.82) is 0 Å². The molecule has 1 aliphatic rings. The summed E-state index contributed by atoms with van der Waals surface area (Å²) in [5.41, 5.74) is 4.51. The highest BCUT2D eigenvalue weighted by atomic mass is 16.1. The van der Waals surface area contributed by atoms with Gasteiger partial charge in [-0.25, -0.2) is 19.9 Å². The van der Waals surface area contributed by atoms with Gasteiger partial charge in [-0.05, 0) is 26.8 Å². The van der Waals surface area contributed by atoms with Crippen molar-refractivity contribution in [3.05, 3.63) is 53.4 Å². The first-order valence-electron chi connectivity index (χ1n) is 12.9. The Morgan fingerprint density at radius 2 is 1.94 bits per heavy atom. The van der Waals surface area contributed by atoms with Crippen LogP contribution in [-0.2, 0) is 7.05 Å². The molecule has 1 aliphatic heterocycles. The second-order valence-electron chi connectivity index (χ2n) is 8.67. The van der Waals surface area contributed by atoms with Crippen molar-refractivity contribution in [2.45, 2.75) is 40.1 Å². The van der Waals surface area contributed by atoms with Crippen molar-refractivity contribution in [2.24, 2.45) is 7.05 Å². The van der Waals surface area contributed by atoms with Gasteiger partial charge in [0, 0.05) is 60.4 Å². The van der Waals surface area contributed by atoms with E-state index in [2.05, 4.69) is 40.8 Å². The zero-order chi connectivity index (χ0) is 28.1. The molecule has 11 heteroatoms. The van der Waals surface area contributed by atoms with E-state index in [-0.39, 0.29) is 11.6 Å². The number of carbonyl (C=O) groups excluding carboxylic acids is 1. The van der Waals surface area contributed by atoms with E-state index in [4.69, 9.17) is 4.11 Å². The fourth-order valence-corrected chi connectivity index (χ4v) is 4.35. The van der Waals surface area contributed by atoms with Gasteiger partial charge in [0.2, 0.25) is 0 Å². The van der Waals surface area contributed by atoms with Crippen LogP contribution in [0.3, 0.4) is 0 Å². The first-order chi connectivity index (χ1) is 18.4. The molecular weight excluding hydrogens is 456 g/mol. The quantitative estimate of drug-likeness (QED) is 0.381. The molecule has 0 spiro atoms. The number of nitrogens with zero attached hydrogens (tertiary/aromatic N) is 8. The summed E-state index contributed by atoms with van der Waals surface area (Å²) < 4.78 is 22.8. The summed E-state index contributed by atoms with van der Waals surface area (Å²) in [7, 11) is 3.72. The van der Waals surface area contributed by atoms with Gasteiger partial charge in [-0.1, -0.05) is 6.85 Å². The van der Waals surface area contributed by atoms with Crippen LogP contribution < -0.4 is 15.5 Å². The van der Waals surface area contributed by atoms with Gasteiger partial charge in [-0.15, -0.1) is 0 Å². The number of ketones is 1. The molecule has 0 unspecified atom stereocenters. The Morgan fingerprint density at radius 1 is 1.11 bits per heavy atom. The SMILES string of the molecule is [2H]C([2H])([2H])CC(=O)c1cnc(Nc2cc(C)nc(C)n2)cc1Nc1nccc2c1N(C)[C@H](C)c1nn(C)nc1-2. The lowest BCUT2D eigenvalue weighted by molar-refractivity contribution is 0.0988. The monoisotopic (exact) mass is 487 g/mol. The van der Waals surface area contributed by atoms with Gasteiger partial charge >= 0.3 is 0 Å². The number of hydrogen-bond donors (Lipinski definition) is 2. The number of aromatic nitrogens is 7. The van der Waals surface area contributed by atoms with Crippen LogP contribution in [0.1, 0.15) is 57.9 Å². The zero-order valence-corrected chi connectivity index (χ0v) is 20.7. The molecule has 4 aromatic rings. The second-order valence-corrected chi connectivity index (χ2v) is 8.67. The number of nitrogens with one attached hydrogen (secondary N) is 2. The van der Waals surface area contributed by atoms with Crippen molar-refractivity contribution in [1.82, 2.24) is 34.9 Å². The maximum Gasteiger partial charge on any atom is 0.166 e. The Balaban J connectivity index is 1.59. The van der Waals surface area contributed by atoms with Gasteiger partial charge < -0.3 is 15.5 Å². The van der Waals surface area contributed by atoms with E-state index in [0.29, 0.717) is 29.0 Å². The molecule has 11 nitrogen and oxygen atoms in total. The lowest BCUT2D eigenvalue weighted by atomic mass is 9.98. The molecule has 0 saturated heterocycles. The lowest BCUT2D eigenvalue weighted by Crippen LogP contribution is -2.27. The van der Waals surface area contributed by atoms with E-state index in [9.17, 15) is 4.79 Å². The summed E-state index contributed by atoms with van der Waals surface area (Å²) in [5, 5.41) is 15.5. The van der Waals surface area contributed by atoms with Gasteiger partial charge in [0.25, 0.3) is 0 Å². The molecule has 0 bridgehead atoms. The highest BCUT2D eigenvalue weighted by Gasteiger charge is 2.32. The minimum absolute atomic E-state index is 0.0819. The van der Waals surface area contributed by atoms with Crippen LogP contribution in [0.25, 0.3) is 11.3 Å². The van der Waals surface area contributed by atoms with Crippen molar-refractivity contribution in [3.8, 4) is 11.3 Å². The van der Waals surface area contributed by atoms with E-state index < -0.39 is 19.1 Å². The third kappa shape index (κ3) is 4.12. The Bertz CT molecular complexity index is 1560. The number of rotatable bonds is 6. The lowest BCUT2D eigenvalue weighted by Gasteiger charge is -2.33. The second kappa shape index (κ2) is 8.99. The number of fused-ring (bicyclic) bond motifs is 3. The molecule has 0 saturated carbocycles. The summed E-state index contributed by atoms with van der Waals surface area (Å²) >= 11 is 0. The van der Waals surface area contributed by atoms with E-state index in [1.54, 1.807) is 37.1 Å². The Labute approximate surface area is 213 Å². The topological polar surface area (TPSA) is 127 Å². The molecule has 0 fully saturated rings. The Kier molecular flexibility index (Phi) is 4.96. The number of Topliss-reactive ketones (excluding diaryl/α,β-unsaturated/α-hetero) is 1. The van der Waals surface area contributed by atoms with Crippen LogP contribution in [0.2, 0.25) is 0 Å². The summed E-state index contributed by atoms with van der Waals surface area (Å²) in [6.45, 7) is 3.25. The molecule has 2 N–H and O–H groups in total. The largest absolute Gasteiger partial charge is 0.363 e. The predicted molar refractivity (Wildman–Crippen MR) is 138 cm³/mol. The number of pyridine rings is 2. The minimum atomic E-state index is -2.43. The molecule has 0 aliphatic carbocycles. The van der Waals surface area contributed by atoms with E-state index in [1.807, 2.05) is 31.9 Å². The molecular formula is C25H28N10O. The maximum absolute atomic E-state index is 13.1. The minimum Gasteiger partial charge on any atom is -0.363 e. The van der Waals surface area contributed by atoms with Crippen molar-refractivity contribution < 1.29 is 8.91 Å². The number of anilines is 5. The third-order valence-electron chi connectivity index (χ3n) is 6.09. The average Bonchev–Trinajstić information content (AvgIpc) is 3.23. The average molecular weight is 488 g/mol. The van der Waals surface area contributed by atoms with Crippen LogP contribution >= 0.6 is 0 Å². The van der Waals surface area contributed by atoms with Gasteiger partial charge in [0.15, 0.2) is 11.6 Å². The van der Waals surface area contributed by atoms with E-state index in [1.165, 1.54) is 6.20 Å². The summed E-state index contributed by atoms with van der Waals surface area (Å²) in [6.07, 6.45) is 2.39. The van der Waals surface area contributed by atoms with Crippen LogP contribution in [0, 0.1) is 13.8 Å². The van der Waals surface area contributed by atoms with Crippen LogP contribution in [-0.4, -0.2) is 47.8 Å². The standard InChI is InChI=1S/C25H28N10O/c1-7-19(36)17-12-27-20(31-21-10-13(2)28-15(4)29-21)11-18(17)30-25-24-16(8-9-26-25)23-22(14(3)34(24)5)32-35(6)33-23/h8-12,14H,7H2,1-6H3,(H2,26,27,28,29,30,31)/t14-/m1/s1/i1D3. The molecule has 1 atom stereocenters. The molecule has 0 amide bonds. The highest BCUT2D eigenvalue weighted by molar-refractivity contribution is 6.02. The van der Waals surface area contributed by atoms with Crippen LogP contribution in [0.5, 0.6) is 0 Å². The summed E-state index contributed by atoms with van der Waals surface area (Å²) in [6, 6.07) is 5.21. The highest BCUT2D eigenvalue weighted by Crippen LogP contribution is 2.45. The summed E-state index contributed by atoms with van der Waals surface area (Å²) in [4.78, 5) is 34.3. The predicted octanol–water partition coefficient (Wildman–Crippen LogP) is 4.27. The summed E-state index contributed by atoms with van der Waals surface area (Å²) in [5.74, 6) is 1.46. The third-order valence-corrected chi connectivity index (χ3v) is 6.09. The Hall–Kier alpha value is -4.41. The molecule has 5 rings (SSSR count).